The molecule has 0 spiro atoms. The molecule has 0 aliphatic rings. The summed E-state index contributed by atoms with van der Waals surface area (Å²) in [5.74, 6) is 0. The molecule has 6 nitrogen and oxygen atoms in total. The molecule has 0 aromatic carbocycles. The number of aromatic nitrogens is 3. The van der Waals surface area contributed by atoms with Crippen LogP contribution in [0.5, 0.6) is 0 Å². The highest BCUT2D eigenvalue weighted by Crippen LogP contribution is 1.99. The maximum Gasteiger partial charge on any atom is 0.336 e. The van der Waals surface area contributed by atoms with E-state index in [9.17, 15) is 14.4 Å². The molecule has 0 bridgehead atoms. The van der Waals surface area contributed by atoms with Crippen molar-refractivity contribution in [1.29, 1.82) is 0 Å². The van der Waals surface area contributed by atoms with Crippen LogP contribution >= 0.6 is 0 Å². The summed E-state index contributed by atoms with van der Waals surface area (Å²) < 4.78 is 3.31. The van der Waals surface area contributed by atoms with Crippen LogP contribution in [0.2, 0.25) is 0 Å². The van der Waals surface area contributed by atoms with Gasteiger partial charge < -0.3 is 0 Å². The van der Waals surface area contributed by atoms with Crippen LogP contribution in [0.25, 0.3) is 0 Å². The molecule has 1 rings (SSSR count). The molecule has 0 N–H and O–H groups in total. The van der Waals surface area contributed by atoms with E-state index in [1.807, 2.05) is 0 Å². The Labute approximate surface area is 130 Å². The second kappa shape index (κ2) is 9.02. The molecule has 0 aliphatic carbocycles. The largest absolute Gasteiger partial charge is 0.336 e. The van der Waals surface area contributed by atoms with Crippen LogP contribution in [0.15, 0.2) is 39.7 Å². The summed E-state index contributed by atoms with van der Waals surface area (Å²) in [5.41, 5.74) is -1.67. The highest BCUT2D eigenvalue weighted by Gasteiger charge is 2.13. The molecule has 1 aromatic heterocycles. The molecule has 22 heavy (non-hydrogen) atoms. The molecule has 0 unspecified atom stereocenters. The molecule has 0 aliphatic heterocycles. The van der Waals surface area contributed by atoms with Gasteiger partial charge >= 0.3 is 17.1 Å². The summed E-state index contributed by atoms with van der Waals surface area (Å²) in [4.78, 5) is 37.0. The minimum absolute atomic E-state index is 0.0982. The Kier molecular flexibility index (Phi) is 7.36. The van der Waals surface area contributed by atoms with Crippen molar-refractivity contribution in [1.82, 2.24) is 13.7 Å². The lowest BCUT2D eigenvalue weighted by Gasteiger charge is -2.12. The predicted octanol–water partition coefficient (Wildman–Crippen LogP) is 1.51. The molecule has 6 heteroatoms. The Morgan fingerprint density at radius 2 is 1.41 bits per heavy atom. The van der Waals surface area contributed by atoms with Crippen molar-refractivity contribution in [2.45, 2.75) is 58.7 Å². The molecule has 1 heterocycles. The normalized spacial score (nSPS) is 10.6. The Morgan fingerprint density at radius 1 is 0.818 bits per heavy atom. The number of allylic oxidation sites excluding steroid dienone is 2. The summed E-state index contributed by atoms with van der Waals surface area (Å²) in [5, 5.41) is 0. The lowest BCUT2D eigenvalue weighted by atomic mass is 10.2. The quantitative estimate of drug-likeness (QED) is 0.486. The third kappa shape index (κ3) is 4.19. The van der Waals surface area contributed by atoms with E-state index >= 15 is 0 Å². The van der Waals surface area contributed by atoms with Crippen molar-refractivity contribution in [2.24, 2.45) is 0 Å². The number of rotatable bonds is 10. The Morgan fingerprint density at radius 3 is 1.95 bits per heavy atom. The molecular formula is C16H25N3O3. The summed E-state index contributed by atoms with van der Waals surface area (Å²) in [6.45, 7) is 9.91. The van der Waals surface area contributed by atoms with E-state index in [1.165, 1.54) is 6.08 Å². The highest BCUT2D eigenvalue weighted by atomic mass is 16.2. The summed E-state index contributed by atoms with van der Waals surface area (Å²) in [6.07, 6.45) is 7.46. The van der Waals surface area contributed by atoms with Crippen molar-refractivity contribution >= 4 is 0 Å². The van der Waals surface area contributed by atoms with Gasteiger partial charge in [0.15, 0.2) is 0 Å². The molecule has 122 valence electrons. The van der Waals surface area contributed by atoms with Gasteiger partial charge in [0.25, 0.3) is 0 Å². The maximum absolute atomic E-state index is 12.4. The van der Waals surface area contributed by atoms with Gasteiger partial charge in [-0.15, -0.1) is 13.2 Å². The van der Waals surface area contributed by atoms with Gasteiger partial charge in [0.2, 0.25) is 0 Å². The van der Waals surface area contributed by atoms with Gasteiger partial charge in [-0.25, -0.2) is 28.1 Å². The van der Waals surface area contributed by atoms with E-state index in [-0.39, 0.29) is 13.1 Å². The van der Waals surface area contributed by atoms with Crippen molar-refractivity contribution in [3.8, 4) is 0 Å². The second-order valence-corrected chi connectivity index (χ2v) is 5.19. The minimum Gasteiger partial charge on any atom is -0.247 e. The monoisotopic (exact) mass is 307 g/mol. The van der Waals surface area contributed by atoms with E-state index in [0.29, 0.717) is 13.0 Å². The van der Waals surface area contributed by atoms with E-state index in [0.717, 1.165) is 39.4 Å². The van der Waals surface area contributed by atoms with Crippen molar-refractivity contribution < 1.29 is 0 Å². The van der Waals surface area contributed by atoms with Gasteiger partial charge in [-0.3, -0.25) is 0 Å². The van der Waals surface area contributed by atoms with Gasteiger partial charge in [-0.1, -0.05) is 38.3 Å². The van der Waals surface area contributed by atoms with Gasteiger partial charge in [-0.2, -0.15) is 0 Å². The van der Waals surface area contributed by atoms with E-state index < -0.39 is 17.1 Å². The van der Waals surface area contributed by atoms with Gasteiger partial charge in [0.05, 0.1) is 6.54 Å². The highest BCUT2D eigenvalue weighted by molar-refractivity contribution is 4.83. The van der Waals surface area contributed by atoms with Crippen LogP contribution in [-0.4, -0.2) is 13.7 Å². The fraction of sp³-hybridized carbons (Fsp3) is 0.562. The van der Waals surface area contributed by atoms with Crippen LogP contribution in [0.3, 0.4) is 0 Å². The van der Waals surface area contributed by atoms with Crippen molar-refractivity contribution in [2.75, 3.05) is 0 Å². The third-order valence-electron chi connectivity index (χ3n) is 3.49. The topological polar surface area (TPSA) is 66.0 Å². The number of unbranched alkanes of at least 4 members (excludes halogenated alkanes) is 3. The van der Waals surface area contributed by atoms with E-state index in [1.54, 1.807) is 6.08 Å². The van der Waals surface area contributed by atoms with E-state index in [4.69, 9.17) is 0 Å². The third-order valence-corrected chi connectivity index (χ3v) is 3.49. The fourth-order valence-electron chi connectivity index (χ4n) is 2.27. The van der Waals surface area contributed by atoms with Gasteiger partial charge in [0.1, 0.15) is 0 Å². The lowest BCUT2D eigenvalue weighted by Crippen LogP contribution is -2.54. The zero-order chi connectivity index (χ0) is 16.5. The molecule has 0 radical (unpaired) electrons. The van der Waals surface area contributed by atoms with Crippen LogP contribution < -0.4 is 17.1 Å². The predicted molar refractivity (Wildman–Crippen MR) is 88.4 cm³/mol. The molecule has 0 atom stereocenters. The van der Waals surface area contributed by atoms with Crippen LogP contribution in [0.1, 0.15) is 39.0 Å². The molecule has 1 aromatic rings. The molecule has 0 saturated carbocycles. The Balaban J connectivity index is 3.28. The molecule has 0 amide bonds. The Bertz CT molecular complexity index is 679. The Hall–Kier alpha value is -2.11. The van der Waals surface area contributed by atoms with Crippen LogP contribution in [-0.2, 0) is 19.6 Å². The van der Waals surface area contributed by atoms with Crippen molar-refractivity contribution in [3.05, 3.63) is 56.8 Å². The molecule has 0 fully saturated rings. The fourth-order valence-corrected chi connectivity index (χ4v) is 2.27. The van der Waals surface area contributed by atoms with Crippen LogP contribution in [0.4, 0.5) is 0 Å². The zero-order valence-electron chi connectivity index (χ0n) is 13.3. The first kappa shape index (κ1) is 17.9. The first-order valence-corrected chi connectivity index (χ1v) is 7.74. The van der Waals surface area contributed by atoms with Crippen LogP contribution in [0, 0.1) is 0 Å². The number of hydrogen-bond donors (Lipinski definition) is 0. The smallest absolute Gasteiger partial charge is 0.247 e. The number of nitrogens with zero attached hydrogens (tertiary/aromatic N) is 3. The summed E-state index contributed by atoms with van der Waals surface area (Å²) in [6, 6.07) is 0. The lowest BCUT2D eigenvalue weighted by molar-refractivity contribution is 0.447. The van der Waals surface area contributed by atoms with Gasteiger partial charge in [-0.05, 0) is 12.8 Å². The first-order chi connectivity index (χ1) is 10.6. The van der Waals surface area contributed by atoms with Gasteiger partial charge in [0, 0.05) is 13.1 Å². The second-order valence-electron chi connectivity index (χ2n) is 5.19. The molecular weight excluding hydrogens is 282 g/mol. The first-order valence-electron chi connectivity index (χ1n) is 7.74. The summed E-state index contributed by atoms with van der Waals surface area (Å²) >= 11 is 0. The molecule has 0 saturated heterocycles. The zero-order valence-corrected chi connectivity index (χ0v) is 13.3. The average Bonchev–Trinajstić information content (AvgIpc) is 2.51. The minimum atomic E-state index is -0.582. The SMILES string of the molecule is C=CCCn1c(=O)n(CC=C)c(=O)n(CCCCCC)c1=O. The maximum atomic E-state index is 12.4. The standard InChI is InChI=1S/C16H25N3O3/c1-4-7-9-10-13-19-15(21)17(11-6-3)14(20)18(16(19)22)12-8-5-2/h5-6H,2-4,7-13H2,1H3. The summed E-state index contributed by atoms with van der Waals surface area (Å²) in [7, 11) is 0. The average molecular weight is 307 g/mol. The van der Waals surface area contributed by atoms with Crippen molar-refractivity contribution in [3.63, 3.8) is 0 Å². The van der Waals surface area contributed by atoms with E-state index in [2.05, 4.69) is 20.1 Å². The number of hydrogen-bond acceptors (Lipinski definition) is 3.